The first kappa shape index (κ1) is 19.1. The summed E-state index contributed by atoms with van der Waals surface area (Å²) in [7, 11) is 3.65. The van der Waals surface area contributed by atoms with Crippen LogP contribution in [0.25, 0.3) is 0 Å². The Morgan fingerprint density at radius 2 is 2.09 bits per heavy atom. The molecule has 1 N–H and O–H groups in total. The first-order valence-corrected chi connectivity index (χ1v) is 7.56. The normalized spacial score (nSPS) is 12.2. The van der Waals surface area contributed by atoms with Crippen LogP contribution in [0.1, 0.15) is 25.3 Å². The van der Waals surface area contributed by atoms with E-state index in [9.17, 15) is 13.2 Å². The van der Waals surface area contributed by atoms with E-state index in [0.717, 1.165) is 30.9 Å². The van der Waals surface area contributed by atoms with Crippen molar-refractivity contribution >= 4 is 5.96 Å². The number of nitrogens with zero attached hydrogens (tertiary/aromatic N) is 2. The van der Waals surface area contributed by atoms with Gasteiger partial charge in [0.1, 0.15) is 5.75 Å². The minimum atomic E-state index is -4.34. The number of nitrogens with one attached hydrogen (secondary N) is 1. The largest absolute Gasteiger partial charge is 0.484 e. The van der Waals surface area contributed by atoms with Crippen molar-refractivity contribution < 1.29 is 17.9 Å². The molecule has 0 bridgehead atoms. The van der Waals surface area contributed by atoms with Crippen LogP contribution >= 0.6 is 0 Å². The highest BCUT2D eigenvalue weighted by atomic mass is 19.4. The molecule has 1 aromatic carbocycles. The number of rotatable bonds is 7. The van der Waals surface area contributed by atoms with E-state index in [4.69, 9.17) is 4.74 Å². The highest BCUT2D eigenvalue weighted by Crippen LogP contribution is 2.19. The van der Waals surface area contributed by atoms with Crippen LogP contribution in [0.4, 0.5) is 13.2 Å². The average molecular weight is 331 g/mol. The fourth-order valence-corrected chi connectivity index (χ4v) is 1.98. The van der Waals surface area contributed by atoms with Crippen molar-refractivity contribution in [2.24, 2.45) is 4.99 Å². The van der Waals surface area contributed by atoms with E-state index in [-0.39, 0.29) is 5.75 Å². The monoisotopic (exact) mass is 331 g/mol. The average Bonchev–Trinajstić information content (AvgIpc) is 2.51. The number of aliphatic imine (C=N–C) groups is 1. The van der Waals surface area contributed by atoms with Gasteiger partial charge in [0.15, 0.2) is 12.6 Å². The molecule has 0 amide bonds. The third-order valence-electron chi connectivity index (χ3n) is 3.17. The van der Waals surface area contributed by atoms with E-state index in [0.29, 0.717) is 6.54 Å². The van der Waals surface area contributed by atoms with Crippen molar-refractivity contribution in [1.82, 2.24) is 10.2 Å². The van der Waals surface area contributed by atoms with Crippen molar-refractivity contribution in [2.45, 2.75) is 32.5 Å². The lowest BCUT2D eigenvalue weighted by atomic mass is 10.2. The molecule has 0 unspecified atom stereocenters. The molecular formula is C16H24F3N3O. The van der Waals surface area contributed by atoms with Gasteiger partial charge in [-0.2, -0.15) is 13.2 Å². The molecule has 0 fully saturated rings. The molecule has 0 aromatic heterocycles. The zero-order valence-corrected chi connectivity index (χ0v) is 13.8. The standard InChI is InChI=1S/C16H24F3N3O/c1-4-5-9-22(3)15(20-2)21-11-13-7-6-8-14(10-13)23-12-16(17,18)19/h6-8,10H,4-5,9,11-12H2,1-3H3,(H,20,21). The molecule has 0 atom stereocenters. The SMILES string of the molecule is CCCCN(C)C(=NC)NCc1cccc(OCC(F)(F)F)c1. The van der Waals surface area contributed by atoms with Gasteiger partial charge >= 0.3 is 6.18 Å². The highest BCUT2D eigenvalue weighted by molar-refractivity contribution is 5.79. The third kappa shape index (κ3) is 7.76. The molecule has 1 aromatic rings. The first-order valence-electron chi connectivity index (χ1n) is 7.56. The number of ether oxygens (including phenoxy) is 1. The summed E-state index contributed by atoms with van der Waals surface area (Å²) in [5.74, 6) is 0.955. The Kier molecular flexibility index (Phi) is 7.71. The quantitative estimate of drug-likeness (QED) is 0.614. The Morgan fingerprint density at radius 1 is 1.35 bits per heavy atom. The molecule has 130 valence electrons. The summed E-state index contributed by atoms with van der Waals surface area (Å²) in [6.07, 6.45) is -2.17. The van der Waals surface area contributed by atoms with Crippen LogP contribution in [0.3, 0.4) is 0 Å². The summed E-state index contributed by atoms with van der Waals surface area (Å²) in [5, 5.41) is 3.19. The van der Waals surface area contributed by atoms with E-state index in [1.807, 2.05) is 18.0 Å². The number of hydrogen-bond donors (Lipinski definition) is 1. The Morgan fingerprint density at radius 3 is 2.70 bits per heavy atom. The maximum atomic E-state index is 12.2. The van der Waals surface area contributed by atoms with E-state index < -0.39 is 12.8 Å². The van der Waals surface area contributed by atoms with Crippen molar-refractivity contribution in [1.29, 1.82) is 0 Å². The number of halogens is 3. The van der Waals surface area contributed by atoms with Gasteiger partial charge in [-0.15, -0.1) is 0 Å². The summed E-state index contributed by atoms with van der Waals surface area (Å²) in [4.78, 5) is 6.22. The Balaban J connectivity index is 2.56. The minimum Gasteiger partial charge on any atom is -0.484 e. The molecule has 0 aliphatic rings. The van der Waals surface area contributed by atoms with Crippen molar-refractivity contribution in [3.63, 3.8) is 0 Å². The molecule has 0 aliphatic carbocycles. The second kappa shape index (κ2) is 9.27. The number of unbranched alkanes of at least 4 members (excludes halogenated alkanes) is 1. The summed E-state index contributed by atoms with van der Waals surface area (Å²) in [6, 6.07) is 6.61. The van der Waals surface area contributed by atoms with Crippen LogP contribution in [-0.2, 0) is 6.54 Å². The molecule has 4 nitrogen and oxygen atoms in total. The number of hydrogen-bond acceptors (Lipinski definition) is 2. The van der Waals surface area contributed by atoms with E-state index in [2.05, 4.69) is 17.2 Å². The fraction of sp³-hybridized carbons (Fsp3) is 0.562. The smallest absolute Gasteiger partial charge is 0.422 e. The molecule has 0 heterocycles. The predicted octanol–water partition coefficient (Wildman–Crippen LogP) is 3.44. The lowest BCUT2D eigenvalue weighted by molar-refractivity contribution is -0.153. The Hall–Kier alpha value is -1.92. The van der Waals surface area contributed by atoms with Gasteiger partial charge in [-0.25, -0.2) is 0 Å². The van der Waals surface area contributed by atoms with Crippen LogP contribution < -0.4 is 10.1 Å². The molecule has 0 saturated carbocycles. The topological polar surface area (TPSA) is 36.9 Å². The Labute approximate surface area is 135 Å². The molecule has 7 heteroatoms. The lowest BCUT2D eigenvalue weighted by Crippen LogP contribution is -2.38. The first-order chi connectivity index (χ1) is 10.9. The summed E-state index contributed by atoms with van der Waals surface area (Å²) >= 11 is 0. The van der Waals surface area contributed by atoms with Gasteiger partial charge < -0.3 is 15.0 Å². The van der Waals surface area contributed by atoms with Crippen LogP contribution in [0.2, 0.25) is 0 Å². The zero-order chi connectivity index (χ0) is 17.3. The fourth-order valence-electron chi connectivity index (χ4n) is 1.98. The maximum Gasteiger partial charge on any atom is 0.422 e. The predicted molar refractivity (Wildman–Crippen MR) is 85.7 cm³/mol. The third-order valence-corrected chi connectivity index (χ3v) is 3.17. The van der Waals surface area contributed by atoms with E-state index >= 15 is 0 Å². The van der Waals surface area contributed by atoms with Gasteiger partial charge in [-0.05, 0) is 24.1 Å². The maximum absolute atomic E-state index is 12.2. The highest BCUT2D eigenvalue weighted by Gasteiger charge is 2.28. The molecule has 0 radical (unpaired) electrons. The summed E-state index contributed by atoms with van der Waals surface area (Å²) in [6.45, 7) is 2.19. The molecule has 1 rings (SSSR count). The van der Waals surface area contributed by atoms with Gasteiger partial charge in [0.2, 0.25) is 0 Å². The molecule has 0 spiro atoms. The molecular weight excluding hydrogens is 307 g/mol. The van der Waals surface area contributed by atoms with Gasteiger partial charge in [-0.3, -0.25) is 4.99 Å². The van der Waals surface area contributed by atoms with Crippen LogP contribution in [0, 0.1) is 0 Å². The molecule has 23 heavy (non-hydrogen) atoms. The van der Waals surface area contributed by atoms with Crippen molar-refractivity contribution in [2.75, 3.05) is 27.2 Å². The van der Waals surface area contributed by atoms with Gasteiger partial charge in [0.25, 0.3) is 0 Å². The van der Waals surface area contributed by atoms with Crippen LogP contribution in [-0.4, -0.2) is 44.3 Å². The summed E-state index contributed by atoms with van der Waals surface area (Å²) < 4.78 is 41.3. The lowest BCUT2D eigenvalue weighted by Gasteiger charge is -2.22. The summed E-state index contributed by atoms with van der Waals surface area (Å²) in [5.41, 5.74) is 0.828. The van der Waals surface area contributed by atoms with Gasteiger partial charge in [0.05, 0.1) is 0 Å². The number of alkyl halides is 3. The van der Waals surface area contributed by atoms with Crippen LogP contribution in [0.15, 0.2) is 29.3 Å². The van der Waals surface area contributed by atoms with Crippen LogP contribution in [0.5, 0.6) is 5.75 Å². The van der Waals surface area contributed by atoms with E-state index in [1.165, 1.54) is 6.07 Å². The van der Waals surface area contributed by atoms with Gasteiger partial charge in [-0.1, -0.05) is 25.5 Å². The van der Waals surface area contributed by atoms with E-state index in [1.54, 1.807) is 19.2 Å². The second-order valence-corrected chi connectivity index (χ2v) is 5.23. The Bertz CT molecular complexity index is 504. The molecule has 0 saturated heterocycles. The van der Waals surface area contributed by atoms with Crippen molar-refractivity contribution in [3.05, 3.63) is 29.8 Å². The van der Waals surface area contributed by atoms with Gasteiger partial charge in [0, 0.05) is 27.2 Å². The molecule has 0 aliphatic heterocycles. The minimum absolute atomic E-state index is 0.205. The zero-order valence-electron chi connectivity index (χ0n) is 13.8. The number of guanidine groups is 1. The van der Waals surface area contributed by atoms with Crippen molar-refractivity contribution in [3.8, 4) is 5.75 Å². The second-order valence-electron chi connectivity index (χ2n) is 5.23. The number of benzene rings is 1.